The summed E-state index contributed by atoms with van der Waals surface area (Å²) in [4.78, 5) is 11.7. The summed E-state index contributed by atoms with van der Waals surface area (Å²) in [5, 5.41) is 3.45. The molecule has 1 saturated carbocycles. The summed E-state index contributed by atoms with van der Waals surface area (Å²) in [5.41, 5.74) is 1.71. The van der Waals surface area contributed by atoms with Crippen LogP contribution in [-0.2, 0) is 4.74 Å². The van der Waals surface area contributed by atoms with E-state index in [0.29, 0.717) is 12.2 Å². The van der Waals surface area contributed by atoms with Gasteiger partial charge < -0.3 is 10.1 Å². The Bertz CT molecular complexity index is 421. The van der Waals surface area contributed by atoms with Gasteiger partial charge in [-0.3, -0.25) is 0 Å². The number of rotatable bonds is 7. The highest BCUT2D eigenvalue weighted by molar-refractivity contribution is 5.89. The smallest absolute Gasteiger partial charge is 0.338 e. The molecule has 1 aromatic rings. The van der Waals surface area contributed by atoms with Crippen LogP contribution in [0.25, 0.3) is 0 Å². The van der Waals surface area contributed by atoms with Gasteiger partial charge >= 0.3 is 5.97 Å². The van der Waals surface area contributed by atoms with Gasteiger partial charge in [-0.05, 0) is 43.0 Å². The molecular weight excluding hydrogens is 262 g/mol. The summed E-state index contributed by atoms with van der Waals surface area (Å²) in [6.45, 7) is 3.50. The van der Waals surface area contributed by atoms with Crippen molar-refractivity contribution in [2.45, 2.75) is 51.9 Å². The lowest BCUT2D eigenvalue weighted by Crippen LogP contribution is -2.12. The van der Waals surface area contributed by atoms with E-state index in [1.807, 2.05) is 31.2 Å². The number of carbonyl (C=O) groups excluding carboxylic acids is 1. The summed E-state index contributed by atoms with van der Waals surface area (Å²) in [7, 11) is 0. The maximum Gasteiger partial charge on any atom is 0.338 e. The first-order valence-electron chi connectivity index (χ1n) is 8.30. The first kappa shape index (κ1) is 15.9. The fraction of sp³-hybridized carbons (Fsp3) is 0.611. The molecular formula is C18H27NO2. The fourth-order valence-corrected chi connectivity index (χ4v) is 2.90. The van der Waals surface area contributed by atoms with Gasteiger partial charge in [0.1, 0.15) is 0 Å². The van der Waals surface area contributed by atoms with Gasteiger partial charge in [-0.1, -0.05) is 39.0 Å². The fourth-order valence-electron chi connectivity index (χ4n) is 2.90. The van der Waals surface area contributed by atoms with Crippen LogP contribution >= 0.6 is 0 Å². The maximum atomic E-state index is 11.7. The van der Waals surface area contributed by atoms with Gasteiger partial charge in [-0.25, -0.2) is 4.79 Å². The van der Waals surface area contributed by atoms with Crippen molar-refractivity contribution in [1.29, 1.82) is 0 Å². The van der Waals surface area contributed by atoms with Gasteiger partial charge in [0, 0.05) is 12.2 Å². The van der Waals surface area contributed by atoms with E-state index >= 15 is 0 Å². The zero-order chi connectivity index (χ0) is 14.9. The molecule has 1 aliphatic rings. The SMILES string of the molecule is CCCOC(=O)c1ccc(NCCC2CCCCC2)cc1. The minimum Gasteiger partial charge on any atom is -0.462 e. The monoisotopic (exact) mass is 289 g/mol. The Morgan fingerprint density at radius 2 is 1.90 bits per heavy atom. The molecule has 0 atom stereocenters. The highest BCUT2D eigenvalue weighted by Crippen LogP contribution is 2.26. The van der Waals surface area contributed by atoms with Crippen molar-refractivity contribution >= 4 is 11.7 Å². The molecule has 0 unspecified atom stereocenters. The van der Waals surface area contributed by atoms with Gasteiger partial charge in [0.05, 0.1) is 12.2 Å². The number of carbonyl (C=O) groups is 1. The van der Waals surface area contributed by atoms with Crippen LogP contribution in [0.5, 0.6) is 0 Å². The minimum atomic E-state index is -0.231. The van der Waals surface area contributed by atoms with Gasteiger partial charge in [-0.2, -0.15) is 0 Å². The summed E-state index contributed by atoms with van der Waals surface area (Å²) >= 11 is 0. The quantitative estimate of drug-likeness (QED) is 0.743. The summed E-state index contributed by atoms with van der Waals surface area (Å²) in [6.07, 6.45) is 9.11. The van der Waals surface area contributed by atoms with E-state index in [-0.39, 0.29) is 5.97 Å². The predicted octanol–water partition coefficient (Wildman–Crippen LogP) is 4.64. The Hall–Kier alpha value is -1.51. The second-order valence-electron chi connectivity index (χ2n) is 5.93. The number of hydrogen-bond donors (Lipinski definition) is 1. The number of nitrogens with one attached hydrogen (secondary N) is 1. The molecule has 0 aromatic heterocycles. The predicted molar refractivity (Wildman–Crippen MR) is 86.7 cm³/mol. The van der Waals surface area contributed by atoms with E-state index in [1.54, 1.807) is 0 Å². The Morgan fingerprint density at radius 3 is 2.57 bits per heavy atom. The Balaban J connectivity index is 1.72. The number of ether oxygens (including phenoxy) is 1. The molecule has 0 amide bonds. The Morgan fingerprint density at radius 1 is 1.19 bits per heavy atom. The second kappa shape index (κ2) is 8.71. The zero-order valence-electron chi connectivity index (χ0n) is 13.1. The van der Waals surface area contributed by atoms with Gasteiger partial charge in [-0.15, -0.1) is 0 Å². The van der Waals surface area contributed by atoms with Crippen LogP contribution in [0.3, 0.4) is 0 Å². The van der Waals surface area contributed by atoms with Crippen LogP contribution in [0.4, 0.5) is 5.69 Å². The number of anilines is 1. The molecule has 116 valence electrons. The molecule has 0 bridgehead atoms. The topological polar surface area (TPSA) is 38.3 Å². The molecule has 21 heavy (non-hydrogen) atoms. The lowest BCUT2D eigenvalue weighted by molar-refractivity contribution is 0.0505. The van der Waals surface area contributed by atoms with Crippen molar-refractivity contribution in [2.75, 3.05) is 18.5 Å². The van der Waals surface area contributed by atoms with Crippen molar-refractivity contribution in [2.24, 2.45) is 5.92 Å². The van der Waals surface area contributed by atoms with Crippen molar-refractivity contribution in [3.05, 3.63) is 29.8 Å². The number of benzene rings is 1. The lowest BCUT2D eigenvalue weighted by Gasteiger charge is -2.21. The van der Waals surface area contributed by atoms with E-state index in [0.717, 1.165) is 24.6 Å². The molecule has 3 heteroatoms. The molecule has 0 saturated heterocycles. The van der Waals surface area contributed by atoms with E-state index in [4.69, 9.17) is 4.74 Å². The van der Waals surface area contributed by atoms with Crippen molar-refractivity contribution in [3.8, 4) is 0 Å². The maximum absolute atomic E-state index is 11.7. The molecule has 1 aromatic carbocycles. The van der Waals surface area contributed by atoms with Crippen LogP contribution in [0.2, 0.25) is 0 Å². The molecule has 0 spiro atoms. The molecule has 2 rings (SSSR count). The number of esters is 1. The average Bonchev–Trinajstić information content (AvgIpc) is 2.54. The third-order valence-corrected chi connectivity index (χ3v) is 4.16. The highest BCUT2D eigenvalue weighted by Gasteiger charge is 2.12. The normalized spacial score (nSPS) is 15.7. The van der Waals surface area contributed by atoms with Crippen LogP contribution in [0.1, 0.15) is 62.2 Å². The van der Waals surface area contributed by atoms with Gasteiger partial charge in [0.15, 0.2) is 0 Å². The molecule has 1 aliphatic carbocycles. The molecule has 0 aliphatic heterocycles. The Kier molecular flexibility index (Phi) is 6.58. The Labute approximate surface area is 128 Å². The van der Waals surface area contributed by atoms with Gasteiger partial charge in [0.2, 0.25) is 0 Å². The number of hydrogen-bond acceptors (Lipinski definition) is 3. The van der Waals surface area contributed by atoms with Crippen LogP contribution in [-0.4, -0.2) is 19.1 Å². The second-order valence-corrected chi connectivity index (χ2v) is 5.93. The minimum absolute atomic E-state index is 0.231. The standard InChI is InChI=1S/C18H27NO2/c1-2-14-21-18(20)16-8-10-17(11-9-16)19-13-12-15-6-4-3-5-7-15/h8-11,15,19H,2-7,12-14H2,1H3. The molecule has 0 heterocycles. The van der Waals surface area contributed by atoms with E-state index < -0.39 is 0 Å². The average molecular weight is 289 g/mol. The van der Waals surface area contributed by atoms with Crippen LogP contribution < -0.4 is 5.32 Å². The summed E-state index contributed by atoms with van der Waals surface area (Å²) < 4.78 is 5.12. The highest BCUT2D eigenvalue weighted by atomic mass is 16.5. The zero-order valence-corrected chi connectivity index (χ0v) is 13.1. The third-order valence-electron chi connectivity index (χ3n) is 4.16. The first-order valence-corrected chi connectivity index (χ1v) is 8.30. The largest absolute Gasteiger partial charge is 0.462 e. The van der Waals surface area contributed by atoms with E-state index in [9.17, 15) is 4.79 Å². The molecule has 1 N–H and O–H groups in total. The summed E-state index contributed by atoms with van der Waals surface area (Å²) in [6, 6.07) is 7.59. The molecule has 3 nitrogen and oxygen atoms in total. The van der Waals surface area contributed by atoms with Crippen molar-refractivity contribution in [3.63, 3.8) is 0 Å². The van der Waals surface area contributed by atoms with Gasteiger partial charge in [0.25, 0.3) is 0 Å². The van der Waals surface area contributed by atoms with E-state index in [1.165, 1.54) is 38.5 Å². The van der Waals surface area contributed by atoms with Crippen molar-refractivity contribution < 1.29 is 9.53 Å². The lowest BCUT2D eigenvalue weighted by atomic mass is 9.87. The van der Waals surface area contributed by atoms with Crippen molar-refractivity contribution in [1.82, 2.24) is 0 Å². The van der Waals surface area contributed by atoms with Crippen LogP contribution in [0.15, 0.2) is 24.3 Å². The van der Waals surface area contributed by atoms with E-state index in [2.05, 4.69) is 5.32 Å². The van der Waals surface area contributed by atoms with Crippen LogP contribution in [0, 0.1) is 5.92 Å². The summed E-state index contributed by atoms with van der Waals surface area (Å²) in [5.74, 6) is 0.667. The first-order chi connectivity index (χ1) is 10.3. The molecule has 0 radical (unpaired) electrons. The third kappa shape index (κ3) is 5.41. The molecule has 1 fully saturated rings.